The Kier molecular flexibility index (Phi) is 3.84. The van der Waals surface area contributed by atoms with Gasteiger partial charge in [-0.2, -0.15) is 0 Å². The van der Waals surface area contributed by atoms with Gasteiger partial charge >= 0.3 is 5.97 Å². The Bertz CT molecular complexity index is 709. The lowest BCUT2D eigenvalue weighted by Crippen LogP contribution is -1.96. The van der Waals surface area contributed by atoms with Crippen LogP contribution in [-0.4, -0.2) is 20.7 Å². The van der Waals surface area contributed by atoms with E-state index in [2.05, 4.69) is 21.4 Å². The highest BCUT2D eigenvalue weighted by Crippen LogP contribution is 2.31. The van der Waals surface area contributed by atoms with Crippen LogP contribution >= 0.6 is 11.5 Å². The van der Waals surface area contributed by atoms with Gasteiger partial charge in [0, 0.05) is 12.0 Å². The molecule has 0 amide bonds. The fourth-order valence-electron chi connectivity index (χ4n) is 1.72. The van der Waals surface area contributed by atoms with Crippen molar-refractivity contribution in [1.29, 1.82) is 0 Å². The van der Waals surface area contributed by atoms with Crippen LogP contribution in [0.5, 0.6) is 11.6 Å². The smallest absolute Gasteiger partial charge is 0.353 e. The number of aromatic carboxylic acids is 1. The molecule has 0 saturated heterocycles. The zero-order valence-corrected chi connectivity index (χ0v) is 11.9. The van der Waals surface area contributed by atoms with E-state index in [-0.39, 0.29) is 10.8 Å². The second-order valence-corrected chi connectivity index (χ2v) is 5.54. The Balaban J connectivity index is 1.67. The summed E-state index contributed by atoms with van der Waals surface area (Å²) in [5.74, 6) is 6.50. The lowest BCUT2D eigenvalue weighted by Gasteiger charge is -2.02. The van der Waals surface area contributed by atoms with Gasteiger partial charge in [-0.1, -0.05) is 21.4 Å². The third-order valence-corrected chi connectivity index (χ3v) is 3.74. The maximum absolute atomic E-state index is 10.9. The van der Waals surface area contributed by atoms with E-state index in [1.54, 1.807) is 12.1 Å². The summed E-state index contributed by atoms with van der Waals surface area (Å²) >= 11 is 0.792. The first-order chi connectivity index (χ1) is 10.2. The largest absolute Gasteiger partial charge is 0.477 e. The standard InChI is InChI=1S/C15H12N2O3S/c18-15(19)13-14(16-17-21-13)20-12-8-6-11(7-9-12)3-1-2-10-4-5-10/h6-10H,2,4-5H2,(H,18,19). The maximum Gasteiger partial charge on any atom is 0.353 e. The van der Waals surface area contributed by atoms with Crippen LogP contribution in [0.15, 0.2) is 24.3 Å². The van der Waals surface area contributed by atoms with Gasteiger partial charge in [0.15, 0.2) is 4.88 Å². The van der Waals surface area contributed by atoms with Crippen molar-refractivity contribution in [2.75, 3.05) is 0 Å². The molecular weight excluding hydrogens is 288 g/mol. The number of aromatic nitrogens is 2. The average molecular weight is 300 g/mol. The second-order valence-electron chi connectivity index (χ2n) is 4.79. The monoisotopic (exact) mass is 300 g/mol. The van der Waals surface area contributed by atoms with Crippen molar-refractivity contribution < 1.29 is 14.6 Å². The van der Waals surface area contributed by atoms with E-state index in [0.717, 1.165) is 29.4 Å². The Morgan fingerprint density at radius 3 is 2.81 bits per heavy atom. The van der Waals surface area contributed by atoms with E-state index in [4.69, 9.17) is 9.84 Å². The number of hydrogen-bond donors (Lipinski definition) is 1. The van der Waals surface area contributed by atoms with Gasteiger partial charge in [-0.25, -0.2) is 4.79 Å². The van der Waals surface area contributed by atoms with E-state index in [1.807, 2.05) is 12.1 Å². The maximum atomic E-state index is 10.9. The lowest BCUT2D eigenvalue weighted by molar-refractivity contribution is 0.0699. The number of benzene rings is 1. The molecule has 1 aromatic heterocycles. The van der Waals surface area contributed by atoms with Crippen LogP contribution < -0.4 is 4.74 Å². The minimum Gasteiger partial charge on any atom is -0.477 e. The van der Waals surface area contributed by atoms with Crippen molar-refractivity contribution in [2.45, 2.75) is 19.3 Å². The van der Waals surface area contributed by atoms with E-state index < -0.39 is 5.97 Å². The van der Waals surface area contributed by atoms with Crippen molar-refractivity contribution in [2.24, 2.45) is 5.92 Å². The van der Waals surface area contributed by atoms with Gasteiger partial charge in [-0.05, 0) is 54.6 Å². The quantitative estimate of drug-likeness (QED) is 0.878. The van der Waals surface area contributed by atoms with Crippen molar-refractivity contribution in [3.63, 3.8) is 0 Å². The van der Waals surface area contributed by atoms with Crippen LogP contribution in [0.4, 0.5) is 0 Å². The summed E-state index contributed by atoms with van der Waals surface area (Å²) < 4.78 is 9.01. The molecule has 5 nitrogen and oxygen atoms in total. The summed E-state index contributed by atoms with van der Waals surface area (Å²) in [6, 6.07) is 7.17. The highest BCUT2D eigenvalue weighted by Gasteiger charge is 2.19. The summed E-state index contributed by atoms with van der Waals surface area (Å²) in [5.41, 5.74) is 0.915. The highest BCUT2D eigenvalue weighted by atomic mass is 32.1. The Hall–Kier alpha value is -2.39. The number of nitrogens with zero attached hydrogens (tertiary/aromatic N) is 2. The van der Waals surface area contributed by atoms with Crippen molar-refractivity contribution in [3.8, 4) is 23.5 Å². The van der Waals surface area contributed by atoms with Crippen molar-refractivity contribution in [1.82, 2.24) is 9.59 Å². The van der Waals surface area contributed by atoms with Gasteiger partial charge in [0.1, 0.15) is 5.75 Å². The topological polar surface area (TPSA) is 72.3 Å². The predicted molar refractivity (Wildman–Crippen MR) is 77.6 cm³/mol. The molecule has 0 radical (unpaired) electrons. The fraction of sp³-hybridized carbons (Fsp3) is 0.267. The fourth-order valence-corrected chi connectivity index (χ4v) is 2.15. The molecule has 21 heavy (non-hydrogen) atoms. The summed E-state index contributed by atoms with van der Waals surface area (Å²) in [6.07, 6.45) is 3.56. The first-order valence-electron chi connectivity index (χ1n) is 6.55. The molecule has 1 aromatic carbocycles. The van der Waals surface area contributed by atoms with Crippen molar-refractivity contribution in [3.05, 3.63) is 34.7 Å². The van der Waals surface area contributed by atoms with Gasteiger partial charge in [0.25, 0.3) is 5.88 Å². The first-order valence-corrected chi connectivity index (χ1v) is 7.32. The predicted octanol–water partition coefficient (Wildman–Crippen LogP) is 3.18. The molecule has 1 aliphatic carbocycles. The van der Waals surface area contributed by atoms with E-state index in [9.17, 15) is 4.79 Å². The minimum absolute atomic E-state index is 0.0108. The van der Waals surface area contributed by atoms with Gasteiger partial charge in [-0.3, -0.25) is 0 Å². The van der Waals surface area contributed by atoms with Crippen LogP contribution in [0.1, 0.15) is 34.5 Å². The average Bonchev–Trinajstić information content (AvgIpc) is 3.17. The summed E-state index contributed by atoms with van der Waals surface area (Å²) in [7, 11) is 0. The molecule has 2 aromatic rings. The molecular formula is C15H12N2O3S. The van der Waals surface area contributed by atoms with Crippen LogP contribution in [0.25, 0.3) is 0 Å². The number of carbonyl (C=O) groups is 1. The SMILES string of the molecule is O=C(O)c1snnc1Oc1ccc(C#CCC2CC2)cc1. The molecule has 1 saturated carbocycles. The lowest BCUT2D eigenvalue weighted by atomic mass is 10.2. The molecule has 3 rings (SSSR count). The van der Waals surface area contributed by atoms with Crippen molar-refractivity contribution >= 4 is 17.5 Å². The zero-order valence-electron chi connectivity index (χ0n) is 11.1. The van der Waals surface area contributed by atoms with Crippen LogP contribution in [0.3, 0.4) is 0 Å². The molecule has 1 N–H and O–H groups in total. The number of rotatable bonds is 4. The third kappa shape index (κ3) is 3.58. The summed E-state index contributed by atoms with van der Waals surface area (Å²) in [4.78, 5) is 10.9. The second kappa shape index (κ2) is 5.94. The van der Waals surface area contributed by atoms with E-state index in [1.165, 1.54) is 12.8 Å². The highest BCUT2D eigenvalue weighted by molar-refractivity contribution is 7.08. The molecule has 0 atom stereocenters. The summed E-state index contributed by atoms with van der Waals surface area (Å²) in [5, 5.41) is 12.6. The summed E-state index contributed by atoms with van der Waals surface area (Å²) in [6.45, 7) is 0. The Morgan fingerprint density at radius 1 is 1.38 bits per heavy atom. The Morgan fingerprint density at radius 2 is 2.14 bits per heavy atom. The number of ether oxygens (including phenoxy) is 1. The number of carboxylic acid groups (broad SMARTS) is 1. The first kappa shape index (κ1) is 13.6. The van der Waals surface area contributed by atoms with Crippen LogP contribution in [0, 0.1) is 17.8 Å². The molecule has 1 aliphatic rings. The van der Waals surface area contributed by atoms with Gasteiger partial charge in [-0.15, -0.1) is 0 Å². The van der Waals surface area contributed by atoms with Gasteiger partial charge in [0.05, 0.1) is 0 Å². The molecule has 1 heterocycles. The van der Waals surface area contributed by atoms with Gasteiger partial charge in [0.2, 0.25) is 0 Å². The van der Waals surface area contributed by atoms with Crippen LogP contribution in [0.2, 0.25) is 0 Å². The van der Waals surface area contributed by atoms with E-state index >= 15 is 0 Å². The molecule has 6 heteroatoms. The normalized spacial score (nSPS) is 13.3. The van der Waals surface area contributed by atoms with E-state index in [0.29, 0.717) is 5.75 Å². The van der Waals surface area contributed by atoms with Crippen LogP contribution in [-0.2, 0) is 0 Å². The minimum atomic E-state index is -1.09. The number of carboxylic acids is 1. The molecule has 106 valence electrons. The zero-order chi connectivity index (χ0) is 14.7. The molecule has 0 aliphatic heterocycles. The number of hydrogen-bond acceptors (Lipinski definition) is 5. The third-order valence-electron chi connectivity index (χ3n) is 3.04. The van der Waals surface area contributed by atoms with Gasteiger partial charge < -0.3 is 9.84 Å². The molecule has 0 unspecified atom stereocenters. The Labute approximate surface area is 125 Å². The molecule has 0 spiro atoms. The molecule has 1 fully saturated rings. The molecule has 0 bridgehead atoms.